The summed E-state index contributed by atoms with van der Waals surface area (Å²) in [6, 6.07) is 0. The minimum absolute atomic E-state index is 0.167. The Bertz CT molecular complexity index is 109. The van der Waals surface area contributed by atoms with Crippen LogP contribution in [0.5, 0.6) is 0 Å². The Morgan fingerprint density at radius 3 is 2.25 bits per heavy atom. The second-order valence-electron chi connectivity index (χ2n) is 1.60. The van der Waals surface area contributed by atoms with Gasteiger partial charge >= 0.3 is 0 Å². The lowest BCUT2D eigenvalue weighted by molar-refractivity contribution is -0.106. The van der Waals surface area contributed by atoms with Gasteiger partial charge in [0.05, 0.1) is 0 Å². The number of rotatable bonds is 2. The van der Waals surface area contributed by atoms with E-state index < -0.39 is 5.83 Å². The summed E-state index contributed by atoms with van der Waals surface area (Å²) in [7, 11) is 3.28. The van der Waals surface area contributed by atoms with E-state index in [4.69, 9.17) is 0 Å². The third kappa shape index (κ3) is 3.33. The van der Waals surface area contributed by atoms with E-state index in [-0.39, 0.29) is 6.29 Å². The zero-order valence-corrected chi connectivity index (χ0v) is 4.89. The molecule has 0 aromatic rings. The molecule has 0 heterocycles. The van der Waals surface area contributed by atoms with E-state index in [1.54, 1.807) is 14.1 Å². The van der Waals surface area contributed by atoms with Crippen LogP contribution in [-0.4, -0.2) is 25.3 Å². The zero-order valence-electron chi connectivity index (χ0n) is 4.89. The Balaban J connectivity index is 3.74. The third-order valence-corrected chi connectivity index (χ3v) is 0.494. The highest BCUT2D eigenvalue weighted by atomic mass is 19.1. The highest BCUT2D eigenvalue weighted by Gasteiger charge is 1.87. The van der Waals surface area contributed by atoms with E-state index in [0.717, 1.165) is 6.20 Å². The fraction of sp³-hybridized carbons (Fsp3) is 0.400. The Kier molecular flexibility index (Phi) is 2.84. The van der Waals surface area contributed by atoms with E-state index in [0.29, 0.717) is 0 Å². The second-order valence-corrected chi connectivity index (χ2v) is 1.60. The van der Waals surface area contributed by atoms with Crippen LogP contribution in [-0.2, 0) is 4.79 Å². The number of aldehydes is 1. The lowest BCUT2D eigenvalue weighted by Gasteiger charge is -2.00. The molecule has 0 amide bonds. The smallest absolute Gasteiger partial charge is 0.179 e. The third-order valence-electron chi connectivity index (χ3n) is 0.494. The molecule has 0 saturated carbocycles. The molecular weight excluding hydrogens is 109 g/mol. The summed E-state index contributed by atoms with van der Waals surface area (Å²) in [5.74, 6) is -0.755. The Hall–Kier alpha value is -0.860. The average molecular weight is 117 g/mol. The summed E-state index contributed by atoms with van der Waals surface area (Å²) in [6.45, 7) is 0. The molecule has 0 fully saturated rings. The van der Waals surface area contributed by atoms with E-state index in [9.17, 15) is 9.18 Å². The predicted octanol–water partition coefficient (Wildman–Crippen LogP) is 0.558. The van der Waals surface area contributed by atoms with E-state index >= 15 is 0 Å². The molecule has 0 aliphatic carbocycles. The first kappa shape index (κ1) is 7.14. The van der Waals surface area contributed by atoms with Crippen LogP contribution in [0.25, 0.3) is 0 Å². The van der Waals surface area contributed by atoms with Crippen molar-refractivity contribution in [3.05, 3.63) is 12.0 Å². The van der Waals surface area contributed by atoms with Gasteiger partial charge in [0.25, 0.3) is 0 Å². The van der Waals surface area contributed by atoms with Crippen LogP contribution in [0.15, 0.2) is 12.0 Å². The molecule has 0 aliphatic rings. The molecule has 0 aromatic heterocycles. The van der Waals surface area contributed by atoms with Gasteiger partial charge in [0.1, 0.15) is 0 Å². The number of allylic oxidation sites excluding steroid dienone is 1. The first-order valence-corrected chi connectivity index (χ1v) is 2.15. The summed E-state index contributed by atoms with van der Waals surface area (Å²) in [5.41, 5.74) is 0. The molecule has 8 heavy (non-hydrogen) atoms. The van der Waals surface area contributed by atoms with E-state index in [2.05, 4.69) is 0 Å². The van der Waals surface area contributed by atoms with Crippen molar-refractivity contribution in [3.8, 4) is 0 Å². The summed E-state index contributed by atoms with van der Waals surface area (Å²) >= 11 is 0. The van der Waals surface area contributed by atoms with Crippen molar-refractivity contribution < 1.29 is 9.18 Å². The van der Waals surface area contributed by atoms with Crippen molar-refractivity contribution in [2.45, 2.75) is 0 Å². The number of halogens is 1. The first-order chi connectivity index (χ1) is 3.66. The minimum Gasteiger partial charge on any atom is -0.381 e. The molecule has 0 bridgehead atoms. The van der Waals surface area contributed by atoms with E-state index in [1.165, 1.54) is 4.90 Å². The molecule has 0 radical (unpaired) electrons. The van der Waals surface area contributed by atoms with Gasteiger partial charge in [-0.3, -0.25) is 4.79 Å². The molecule has 2 nitrogen and oxygen atoms in total. The molecule has 0 unspecified atom stereocenters. The lowest BCUT2D eigenvalue weighted by Crippen LogP contribution is -2.01. The van der Waals surface area contributed by atoms with Gasteiger partial charge in [-0.15, -0.1) is 0 Å². The minimum atomic E-state index is -0.755. The van der Waals surface area contributed by atoms with Crippen LogP contribution in [0.2, 0.25) is 0 Å². The van der Waals surface area contributed by atoms with Gasteiger partial charge in [-0.25, -0.2) is 4.39 Å². The largest absolute Gasteiger partial charge is 0.381 e. The molecule has 46 valence electrons. The topological polar surface area (TPSA) is 20.3 Å². The number of carbonyl (C=O) groups is 1. The maximum Gasteiger partial charge on any atom is 0.179 e. The van der Waals surface area contributed by atoms with Crippen LogP contribution < -0.4 is 0 Å². The van der Waals surface area contributed by atoms with Gasteiger partial charge < -0.3 is 4.90 Å². The fourth-order valence-corrected chi connectivity index (χ4v) is 0.277. The quantitative estimate of drug-likeness (QED) is 0.389. The van der Waals surface area contributed by atoms with E-state index in [1.807, 2.05) is 0 Å². The van der Waals surface area contributed by atoms with Crippen molar-refractivity contribution in [1.29, 1.82) is 0 Å². The highest BCUT2D eigenvalue weighted by Crippen LogP contribution is 1.89. The molecule has 0 atom stereocenters. The monoisotopic (exact) mass is 117 g/mol. The van der Waals surface area contributed by atoms with Crippen LogP contribution in [0, 0.1) is 0 Å². The predicted molar refractivity (Wildman–Crippen MR) is 28.9 cm³/mol. The molecule has 0 saturated heterocycles. The molecule has 0 N–H and O–H groups in total. The Morgan fingerprint density at radius 2 is 2.12 bits per heavy atom. The van der Waals surface area contributed by atoms with Gasteiger partial charge in [-0.05, 0) is 0 Å². The normalized spacial score (nSPS) is 11.1. The van der Waals surface area contributed by atoms with Crippen molar-refractivity contribution >= 4 is 6.29 Å². The average Bonchev–Trinajstić information content (AvgIpc) is 1.65. The Morgan fingerprint density at radius 1 is 1.62 bits per heavy atom. The molecule has 3 heteroatoms. The van der Waals surface area contributed by atoms with Crippen LogP contribution in [0.1, 0.15) is 0 Å². The van der Waals surface area contributed by atoms with Gasteiger partial charge in [-0.2, -0.15) is 0 Å². The molecule has 0 spiro atoms. The second kappa shape index (κ2) is 3.18. The maximum absolute atomic E-state index is 11.8. The highest BCUT2D eigenvalue weighted by molar-refractivity contribution is 5.69. The maximum atomic E-state index is 11.8. The standard InChI is InChI=1S/C5H8FNO/c1-7(2)3-5(6)4-8/h3-4H,1-2H3. The summed E-state index contributed by atoms with van der Waals surface area (Å²) in [6.07, 6.45) is 1.27. The molecule has 0 rings (SSSR count). The van der Waals surface area contributed by atoms with Gasteiger partial charge in [0.2, 0.25) is 0 Å². The van der Waals surface area contributed by atoms with Gasteiger partial charge in [-0.1, -0.05) is 0 Å². The van der Waals surface area contributed by atoms with Crippen molar-refractivity contribution in [3.63, 3.8) is 0 Å². The number of hydrogen-bond donors (Lipinski definition) is 0. The number of nitrogens with zero attached hydrogens (tertiary/aromatic N) is 1. The fourth-order valence-electron chi connectivity index (χ4n) is 0.277. The lowest BCUT2D eigenvalue weighted by atomic mass is 10.6. The van der Waals surface area contributed by atoms with Gasteiger partial charge in [0, 0.05) is 20.3 Å². The number of carbonyl (C=O) groups excluding carboxylic acids is 1. The van der Waals surface area contributed by atoms with Crippen LogP contribution in [0.4, 0.5) is 4.39 Å². The summed E-state index contributed by atoms with van der Waals surface area (Å²) < 4.78 is 11.8. The summed E-state index contributed by atoms with van der Waals surface area (Å²) in [5, 5.41) is 0. The molecular formula is C5H8FNO. The Labute approximate surface area is 47.6 Å². The van der Waals surface area contributed by atoms with Crippen molar-refractivity contribution in [2.75, 3.05) is 14.1 Å². The summed E-state index contributed by atoms with van der Waals surface area (Å²) in [4.78, 5) is 11.0. The number of hydrogen-bond acceptors (Lipinski definition) is 2. The van der Waals surface area contributed by atoms with Crippen LogP contribution >= 0.6 is 0 Å². The zero-order chi connectivity index (χ0) is 6.57. The van der Waals surface area contributed by atoms with Crippen molar-refractivity contribution in [2.24, 2.45) is 0 Å². The van der Waals surface area contributed by atoms with Crippen LogP contribution in [0.3, 0.4) is 0 Å². The SMILES string of the molecule is CN(C)C=C(F)C=O. The molecule has 0 aromatic carbocycles. The van der Waals surface area contributed by atoms with Gasteiger partial charge in [0.15, 0.2) is 12.1 Å². The molecule has 0 aliphatic heterocycles. The first-order valence-electron chi connectivity index (χ1n) is 2.15. The van der Waals surface area contributed by atoms with Crippen molar-refractivity contribution in [1.82, 2.24) is 4.90 Å².